The van der Waals surface area contributed by atoms with Gasteiger partial charge in [-0.1, -0.05) is 35.5 Å². The largest absolute Gasteiger partial charge is 0.506 e. The Bertz CT molecular complexity index is 1730. The molecule has 4 bridgehead atoms. The monoisotopic (exact) mass is 627 g/mol. The minimum absolute atomic E-state index is 0.0128. The molecule has 46 heavy (non-hydrogen) atoms. The summed E-state index contributed by atoms with van der Waals surface area (Å²) < 4.78 is 20.7. The first-order valence-electron chi connectivity index (χ1n) is 16.2. The molecule has 2 fully saturated rings. The van der Waals surface area contributed by atoms with Gasteiger partial charge in [0.25, 0.3) is 0 Å². The van der Waals surface area contributed by atoms with E-state index in [4.69, 9.17) is 19.9 Å². The Labute approximate surface area is 271 Å². The van der Waals surface area contributed by atoms with Crippen LogP contribution in [0, 0.1) is 11.8 Å². The minimum Gasteiger partial charge on any atom is -0.506 e. The number of amides is 1. The van der Waals surface area contributed by atoms with E-state index in [9.17, 15) is 19.5 Å². The summed E-state index contributed by atoms with van der Waals surface area (Å²) in [5, 5.41) is 11.8. The first-order valence-corrected chi connectivity index (χ1v) is 16.2. The van der Waals surface area contributed by atoms with Gasteiger partial charge in [0.05, 0.1) is 11.2 Å². The SMILES string of the molecule is CC(C)=CCC[C@]1(C)C=Cc2c(O)c3c(c(CC=C(C)C)c2O1)O[C@@]12C(=C[C@H]4CC1C(C)(C)O[C@]2(C/C=C(/C)C(N)=O)C4=O)C3=O. The number of carbonyl (C=O) groups excluding carboxylic acids is 3. The molecule has 1 unspecified atom stereocenters. The topological polar surface area (TPSA) is 125 Å². The number of hydrogen-bond donors (Lipinski definition) is 2. The van der Waals surface area contributed by atoms with Crippen LogP contribution in [0.3, 0.4) is 0 Å². The third-order valence-electron chi connectivity index (χ3n) is 10.5. The molecule has 3 aliphatic carbocycles. The van der Waals surface area contributed by atoms with Crippen LogP contribution >= 0.6 is 0 Å². The number of rotatable bonds is 8. The van der Waals surface area contributed by atoms with Crippen LogP contribution in [0.2, 0.25) is 0 Å². The average Bonchev–Trinajstić information content (AvgIpc) is 3.12. The lowest BCUT2D eigenvalue weighted by Gasteiger charge is -2.56. The van der Waals surface area contributed by atoms with E-state index >= 15 is 0 Å². The highest BCUT2D eigenvalue weighted by atomic mass is 16.6. The zero-order valence-corrected chi connectivity index (χ0v) is 28.1. The van der Waals surface area contributed by atoms with Gasteiger partial charge in [-0.05, 0) is 93.2 Å². The highest BCUT2D eigenvalue weighted by Gasteiger charge is 2.81. The second kappa shape index (κ2) is 10.6. The molecule has 1 saturated heterocycles. The summed E-state index contributed by atoms with van der Waals surface area (Å²) in [7, 11) is 0. The first-order chi connectivity index (χ1) is 21.5. The summed E-state index contributed by atoms with van der Waals surface area (Å²) in [6.45, 7) is 15.6. The van der Waals surface area contributed by atoms with E-state index in [0.717, 1.165) is 12.0 Å². The highest BCUT2D eigenvalue weighted by Crippen LogP contribution is 2.68. The van der Waals surface area contributed by atoms with Crippen molar-refractivity contribution in [2.45, 2.75) is 110 Å². The van der Waals surface area contributed by atoms with Crippen LogP contribution in [0.5, 0.6) is 17.2 Å². The molecule has 7 rings (SSSR count). The van der Waals surface area contributed by atoms with Crippen LogP contribution in [0.1, 0.15) is 103 Å². The van der Waals surface area contributed by atoms with E-state index in [1.165, 1.54) is 5.57 Å². The van der Waals surface area contributed by atoms with Gasteiger partial charge >= 0.3 is 0 Å². The number of hydrogen-bond acceptors (Lipinski definition) is 7. The Morgan fingerprint density at radius 3 is 2.37 bits per heavy atom. The summed E-state index contributed by atoms with van der Waals surface area (Å²) in [5.41, 5.74) is 5.08. The molecule has 8 nitrogen and oxygen atoms in total. The van der Waals surface area contributed by atoms with E-state index in [-0.39, 0.29) is 41.0 Å². The lowest BCUT2D eigenvalue weighted by atomic mass is 9.51. The molecule has 5 atom stereocenters. The maximum absolute atomic E-state index is 14.7. The zero-order chi connectivity index (χ0) is 33.6. The Morgan fingerprint density at radius 1 is 1.02 bits per heavy atom. The molecule has 8 heteroatoms. The number of carbonyl (C=O) groups is 3. The molecule has 1 spiro atoms. The van der Waals surface area contributed by atoms with E-state index in [0.29, 0.717) is 47.3 Å². The lowest BCUT2D eigenvalue weighted by molar-refractivity contribution is -0.171. The van der Waals surface area contributed by atoms with E-state index < -0.39 is 34.2 Å². The number of ketones is 2. The average molecular weight is 628 g/mol. The molecule has 3 heterocycles. The molecule has 1 saturated carbocycles. The second-order valence-corrected chi connectivity index (χ2v) is 14.8. The molecular weight excluding hydrogens is 582 g/mol. The summed E-state index contributed by atoms with van der Waals surface area (Å²) in [5.74, 6) is -1.59. The molecular formula is C38H45NO7. The number of phenols is 1. The van der Waals surface area contributed by atoms with E-state index in [2.05, 4.69) is 19.9 Å². The fourth-order valence-corrected chi connectivity index (χ4v) is 8.19. The summed E-state index contributed by atoms with van der Waals surface area (Å²) in [6, 6.07) is 0. The summed E-state index contributed by atoms with van der Waals surface area (Å²) in [4.78, 5) is 41.1. The van der Waals surface area contributed by atoms with Crippen LogP contribution in [0.15, 0.2) is 52.7 Å². The van der Waals surface area contributed by atoms with Crippen molar-refractivity contribution in [1.29, 1.82) is 0 Å². The Balaban J connectivity index is 1.59. The first kappa shape index (κ1) is 32.0. The molecule has 0 aromatic heterocycles. The number of primary amides is 1. The van der Waals surface area contributed by atoms with Crippen molar-refractivity contribution in [1.82, 2.24) is 0 Å². The molecule has 0 radical (unpaired) electrons. The van der Waals surface area contributed by atoms with Crippen molar-refractivity contribution in [3.63, 3.8) is 0 Å². The molecule has 6 aliphatic rings. The van der Waals surface area contributed by atoms with E-state index in [1.54, 1.807) is 19.1 Å². The highest BCUT2D eigenvalue weighted by molar-refractivity contribution is 6.19. The van der Waals surface area contributed by atoms with Gasteiger partial charge in [0.1, 0.15) is 28.4 Å². The second-order valence-electron chi connectivity index (χ2n) is 14.8. The molecule has 1 aromatic rings. The van der Waals surface area contributed by atoms with Crippen LogP contribution in [-0.2, 0) is 20.7 Å². The fourth-order valence-electron chi connectivity index (χ4n) is 8.19. The number of ether oxygens (including phenoxy) is 3. The Kier molecular flexibility index (Phi) is 7.36. The van der Waals surface area contributed by atoms with Crippen LogP contribution < -0.4 is 15.2 Å². The summed E-state index contributed by atoms with van der Waals surface area (Å²) in [6.07, 6.45) is 13.7. The lowest BCUT2D eigenvalue weighted by Crippen LogP contribution is -2.72. The Morgan fingerprint density at radius 2 is 1.72 bits per heavy atom. The maximum Gasteiger partial charge on any atom is 0.244 e. The smallest absolute Gasteiger partial charge is 0.244 e. The molecule has 3 N–H and O–H groups in total. The maximum atomic E-state index is 14.7. The van der Waals surface area contributed by atoms with Gasteiger partial charge in [-0.15, -0.1) is 0 Å². The molecule has 1 amide bonds. The Hall–Kier alpha value is -3.91. The van der Waals surface area contributed by atoms with Crippen molar-refractivity contribution in [3.8, 4) is 17.2 Å². The van der Waals surface area contributed by atoms with Crippen LogP contribution in [0.4, 0.5) is 0 Å². The number of benzene rings is 1. The van der Waals surface area contributed by atoms with Crippen LogP contribution in [0.25, 0.3) is 6.08 Å². The quantitative estimate of drug-likeness (QED) is 0.245. The predicted octanol–water partition coefficient (Wildman–Crippen LogP) is 6.64. The third-order valence-corrected chi connectivity index (χ3v) is 10.5. The van der Waals surface area contributed by atoms with Gasteiger partial charge in [-0.2, -0.15) is 0 Å². The van der Waals surface area contributed by atoms with Gasteiger partial charge in [0, 0.05) is 35.0 Å². The number of fused-ring (bicyclic) bond motifs is 2. The standard InChI is InChI=1S/C38H45NO7/c1-20(2)10-9-15-36(8)16-14-24-29(40)28-30(41)26-18-23-19-27-35(6,7)46-37(33(23)42,17-13-22(5)34(39)43)38(26,27)45-32(28)25(31(24)44-36)12-11-21(3)4/h10-11,13-14,16,18,23,27,40H,9,12,15,17,19H2,1-8H3,(H2,39,43)/b22-13-/t23-,27?,36+,37+,38-/m0/s1. The predicted molar refractivity (Wildman–Crippen MR) is 176 cm³/mol. The zero-order valence-electron chi connectivity index (χ0n) is 28.1. The van der Waals surface area contributed by atoms with Crippen molar-refractivity contribution in [2.24, 2.45) is 17.6 Å². The number of allylic oxidation sites excluding steroid dienone is 5. The van der Waals surface area contributed by atoms with E-state index in [1.807, 2.05) is 52.8 Å². The molecule has 1 aromatic carbocycles. The molecule has 244 valence electrons. The number of Topliss-reactive ketones (excluding diaryl/α,β-unsaturated/α-hetero) is 2. The van der Waals surface area contributed by atoms with Gasteiger partial charge < -0.3 is 25.1 Å². The number of phenolic OH excluding ortho intramolecular Hbond substituents is 1. The van der Waals surface area contributed by atoms with Crippen LogP contribution in [-0.4, -0.2) is 45.0 Å². The fraction of sp³-hybridized carbons (Fsp3) is 0.500. The van der Waals surface area contributed by atoms with Gasteiger partial charge in [0.15, 0.2) is 22.8 Å². The van der Waals surface area contributed by atoms with Crippen molar-refractivity contribution >= 4 is 23.5 Å². The molecule has 3 aliphatic heterocycles. The minimum atomic E-state index is -1.57. The number of aromatic hydroxyl groups is 1. The van der Waals surface area contributed by atoms with Gasteiger partial charge in [-0.25, -0.2) is 0 Å². The third kappa shape index (κ3) is 4.47. The van der Waals surface area contributed by atoms with Gasteiger partial charge in [0.2, 0.25) is 5.91 Å². The number of nitrogens with two attached hydrogens (primary N) is 1. The van der Waals surface area contributed by atoms with Crippen molar-refractivity contribution in [3.05, 3.63) is 69.4 Å². The van der Waals surface area contributed by atoms with Crippen molar-refractivity contribution < 1.29 is 33.7 Å². The van der Waals surface area contributed by atoms with Crippen molar-refractivity contribution in [2.75, 3.05) is 0 Å². The normalized spacial score (nSPS) is 31.2. The van der Waals surface area contributed by atoms with Gasteiger partial charge in [-0.3, -0.25) is 14.4 Å². The summed E-state index contributed by atoms with van der Waals surface area (Å²) >= 11 is 0.